The van der Waals surface area contributed by atoms with Crippen molar-refractivity contribution in [3.05, 3.63) is 12.2 Å². The van der Waals surface area contributed by atoms with Crippen LogP contribution in [-0.4, -0.2) is 32.9 Å². The molecule has 7 heteroatoms. The van der Waals surface area contributed by atoms with Gasteiger partial charge in [-0.25, -0.2) is 4.98 Å². The van der Waals surface area contributed by atoms with Crippen LogP contribution in [0.15, 0.2) is 16.6 Å². The van der Waals surface area contributed by atoms with Crippen LogP contribution < -0.4 is 5.32 Å². The number of hydrogen-bond donors (Lipinski definition) is 1. The normalized spacial score (nSPS) is 14.8. The first-order chi connectivity index (χ1) is 9.63. The van der Waals surface area contributed by atoms with Crippen molar-refractivity contribution in [2.75, 3.05) is 6.54 Å². The van der Waals surface area contributed by atoms with E-state index in [9.17, 15) is 4.79 Å². The maximum absolute atomic E-state index is 11.7. The molecule has 0 aromatic carbocycles. The number of rotatable bonds is 8. The second kappa shape index (κ2) is 6.28. The summed E-state index contributed by atoms with van der Waals surface area (Å²) in [4.78, 5) is 15.8. The lowest BCUT2D eigenvalue weighted by Gasteiger charge is -2.08. The molecule has 0 atom stereocenters. The monoisotopic (exact) mass is 274 g/mol. The molecular formula is C13H18N6O. The molecule has 1 aromatic rings. The summed E-state index contributed by atoms with van der Waals surface area (Å²) >= 11 is 0. The summed E-state index contributed by atoms with van der Waals surface area (Å²) in [6.07, 6.45) is 9.89. The van der Waals surface area contributed by atoms with Gasteiger partial charge in [-0.15, -0.1) is 12.3 Å². The van der Waals surface area contributed by atoms with E-state index in [0.29, 0.717) is 32.2 Å². The van der Waals surface area contributed by atoms with Crippen molar-refractivity contribution in [2.45, 2.75) is 37.8 Å². The third-order valence-corrected chi connectivity index (χ3v) is 3.12. The lowest BCUT2D eigenvalue weighted by Crippen LogP contribution is -2.27. The number of aromatic nitrogens is 3. The van der Waals surface area contributed by atoms with Crippen LogP contribution in [0.3, 0.4) is 0 Å². The zero-order valence-corrected chi connectivity index (χ0v) is 11.5. The molecule has 0 saturated heterocycles. The number of carbonyl (C=O) groups excluding carboxylic acids is 1. The number of terminal acetylenes is 1. The van der Waals surface area contributed by atoms with Crippen LogP contribution in [-0.2, 0) is 18.3 Å². The second-order valence-electron chi connectivity index (χ2n) is 4.82. The predicted octanol–water partition coefficient (Wildman–Crippen LogP) is 0.829. The van der Waals surface area contributed by atoms with E-state index in [1.54, 1.807) is 11.0 Å². The predicted molar refractivity (Wildman–Crippen MR) is 72.6 cm³/mol. The maximum atomic E-state index is 11.7. The van der Waals surface area contributed by atoms with Gasteiger partial charge in [0.15, 0.2) is 11.5 Å². The van der Waals surface area contributed by atoms with Gasteiger partial charge < -0.3 is 5.32 Å². The van der Waals surface area contributed by atoms with Gasteiger partial charge in [-0.2, -0.15) is 15.3 Å². The van der Waals surface area contributed by atoms with Crippen LogP contribution >= 0.6 is 0 Å². The lowest BCUT2D eigenvalue weighted by atomic mass is 10.0. The Hall–Kier alpha value is -2.23. The third kappa shape index (κ3) is 4.16. The molecule has 1 amide bonds. The first-order valence-corrected chi connectivity index (χ1v) is 6.62. The van der Waals surface area contributed by atoms with Crippen LogP contribution in [0.25, 0.3) is 0 Å². The van der Waals surface area contributed by atoms with Gasteiger partial charge in [0.2, 0.25) is 5.91 Å². The molecule has 106 valence electrons. The summed E-state index contributed by atoms with van der Waals surface area (Å²) in [6.45, 7) is 0.536. The number of amides is 1. The molecule has 0 aliphatic carbocycles. The highest BCUT2D eigenvalue weighted by Gasteiger charge is 2.39. The van der Waals surface area contributed by atoms with Gasteiger partial charge in [0, 0.05) is 45.7 Å². The molecule has 0 saturated carbocycles. The summed E-state index contributed by atoms with van der Waals surface area (Å²) in [7, 11) is 1.81. The Labute approximate surface area is 117 Å². The van der Waals surface area contributed by atoms with Crippen LogP contribution in [0, 0.1) is 12.3 Å². The van der Waals surface area contributed by atoms with Crippen molar-refractivity contribution in [3.8, 4) is 12.3 Å². The summed E-state index contributed by atoms with van der Waals surface area (Å²) in [5, 5.41) is 15.0. The Bertz CT molecular complexity index is 535. The van der Waals surface area contributed by atoms with Gasteiger partial charge in [0.1, 0.15) is 6.33 Å². The molecular weight excluding hydrogens is 256 g/mol. The van der Waals surface area contributed by atoms with Crippen molar-refractivity contribution in [1.29, 1.82) is 0 Å². The molecule has 1 N–H and O–H groups in total. The minimum atomic E-state index is -0.383. The van der Waals surface area contributed by atoms with Gasteiger partial charge in [0.05, 0.1) is 0 Å². The topological polar surface area (TPSA) is 84.5 Å². The zero-order chi connectivity index (χ0) is 14.4. The van der Waals surface area contributed by atoms with E-state index in [0.717, 1.165) is 12.2 Å². The molecule has 1 aliphatic rings. The van der Waals surface area contributed by atoms with Crippen molar-refractivity contribution >= 4 is 5.91 Å². The molecule has 0 spiro atoms. The van der Waals surface area contributed by atoms with Crippen LogP contribution in [0.2, 0.25) is 0 Å². The van der Waals surface area contributed by atoms with E-state index < -0.39 is 0 Å². The number of nitrogens with one attached hydrogen (secondary N) is 1. The minimum absolute atomic E-state index is 0.00156. The Morgan fingerprint density at radius 3 is 2.90 bits per heavy atom. The highest BCUT2D eigenvalue weighted by Crippen LogP contribution is 2.37. The minimum Gasteiger partial charge on any atom is -0.356 e. The fourth-order valence-electron chi connectivity index (χ4n) is 1.88. The van der Waals surface area contributed by atoms with Crippen LogP contribution in [0.5, 0.6) is 0 Å². The van der Waals surface area contributed by atoms with E-state index >= 15 is 0 Å². The number of nitrogens with zero attached hydrogens (tertiary/aromatic N) is 5. The maximum Gasteiger partial charge on any atom is 0.220 e. The summed E-state index contributed by atoms with van der Waals surface area (Å²) in [6, 6.07) is 0. The molecule has 20 heavy (non-hydrogen) atoms. The molecule has 0 unspecified atom stereocenters. The molecule has 0 fully saturated rings. The molecule has 7 nitrogen and oxygen atoms in total. The fraction of sp³-hybridized carbons (Fsp3) is 0.615. The van der Waals surface area contributed by atoms with Gasteiger partial charge >= 0.3 is 0 Å². The Kier molecular flexibility index (Phi) is 4.45. The smallest absolute Gasteiger partial charge is 0.220 e. The van der Waals surface area contributed by atoms with Crippen molar-refractivity contribution in [1.82, 2.24) is 20.1 Å². The van der Waals surface area contributed by atoms with E-state index in [-0.39, 0.29) is 11.6 Å². The van der Waals surface area contributed by atoms with Crippen molar-refractivity contribution in [3.63, 3.8) is 0 Å². The summed E-state index contributed by atoms with van der Waals surface area (Å²) in [5.41, 5.74) is -0.383. The lowest BCUT2D eigenvalue weighted by molar-refractivity contribution is -0.121. The van der Waals surface area contributed by atoms with E-state index in [2.05, 4.69) is 31.5 Å². The second-order valence-corrected chi connectivity index (χ2v) is 4.82. The highest BCUT2D eigenvalue weighted by atomic mass is 16.1. The van der Waals surface area contributed by atoms with Gasteiger partial charge in [-0.05, 0) is 0 Å². The van der Waals surface area contributed by atoms with E-state index in [1.807, 2.05) is 7.05 Å². The Morgan fingerprint density at radius 2 is 2.30 bits per heavy atom. The van der Waals surface area contributed by atoms with Crippen molar-refractivity contribution < 1.29 is 4.79 Å². The third-order valence-electron chi connectivity index (χ3n) is 3.12. The van der Waals surface area contributed by atoms with Crippen molar-refractivity contribution in [2.24, 2.45) is 17.3 Å². The summed E-state index contributed by atoms with van der Waals surface area (Å²) in [5.74, 6) is 3.30. The largest absolute Gasteiger partial charge is 0.356 e. The number of carbonyl (C=O) groups is 1. The van der Waals surface area contributed by atoms with E-state index in [1.165, 1.54) is 0 Å². The zero-order valence-electron chi connectivity index (χ0n) is 11.5. The van der Waals surface area contributed by atoms with Gasteiger partial charge in [-0.3, -0.25) is 9.48 Å². The molecule has 1 aliphatic heterocycles. The number of aryl methyl sites for hydroxylation is 1. The highest BCUT2D eigenvalue weighted by molar-refractivity contribution is 5.75. The Morgan fingerprint density at radius 1 is 1.50 bits per heavy atom. The van der Waals surface area contributed by atoms with Crippen LogP contribution in [0.1, 0.15) is 31.5 Å². The molecule has 0 bridgehead atoms. The standard InChI is InChI=1S/C13H18N6O/c1-3-4-7-13(17-18-13)8-5-12(20)14-9-6-11-15-10-19(2)16-11/h1,10H,4-9H2,2H3,(H,14,20). The summed E-state index contributed by atoms with van der Waals surface area (Å²) < 4.78 is 1.64. The average Bonchev–Trinajstić information content (AvgIpc) is 3.10. The average molecular weight is 274 g/mol. The first-order valence-electron chi connectivity index (χ1n) is 6.62. The van der Waals surface area contributed by atoms with Gasteiger partial charge in [-0.1, -0.05) is 0 Å². The van der Waals surface area contributed by atoms with Crippen LogP contribution in [0.4, 0.5) is 0 Å². The molecule has 1 aromatic heterocycles. The fourth-order valence-corrected chi connectivity index (χ4v) is 1.88. The Balaban J connectivity index is 1.60. The molecule has 0 radical (unpaired) electrons. The first kappa shape index (κ1) is 14.2. The molecule has 2 heterocycles. The molecule has 2 rings (SSSR count). The number of hydrogen-bond acceptors (Lipinski definition) is 5. The van der Waals surface area contributed by atoms with Gasteiger partial charge in [0.25, 0.3) is 0 Å². The SMILES string of the molecule is C#CCCC1(CCC(=O)NCCc2ncn(C)n2)N=N1. The van der Waals surface area contributed by atoms with E-state index in [4.69, 9.17) is 6.42 Å². The quantitative estimate of drug-likeness (QED) is 0.712.